The summed E-state index contributed by atoms with van der Waals surface area (Å²) < 4.78 is 1.61. The molecule has 0 aliphatic carbocycles. The molecule has 14 heavy (non-hydrogen) atoms. The molecule has 1 N–H and O–H groups in total. The SMILES string of the molecule is O=C(O)C1=Cc2ccccc2[Te]1(Br)Br. The van der Waals surface area contributed by atoms with Crippen molar-refractivity contribution in [2.45, 2.75) is 0 Å². The van der Waals surface area contributed by atoms with E-state index in [1.54, 1.807) is 6.08 Å². The van der Waals surface area contributed by atoms with Crippen molar-refractivity contribution in [1.82, 2.24) is 0 Å². The maximum atomic E-state index is 11.0. The summed E-state index contributed by atoms with van der Waals surface area (Å²) in [6.45, 7) is 0. The van der Waals surface area contributed by atoms with Crippen molar-refractivity contribution in [3.63, 3.8) is 0 Å². The third-order valence-electron chi connectivity index (χ3n) is 1.97. The van der Waals surface area contributed by atoms with Crippen LogP contribution in [0.2, 0.25) is 0 Å². The van der Waals surface area contributed by atoms with Gasteiger partial charge in [0.15, 0.2) is 0 Å². The van der Waals surface area contributed by atoms with Gasteiger partial charge in [0.05, 0.1) is 0 Å². The fraction of sp³-hybridized carbons (Fsp3) is 0. The first-order valence-corrected chi connectivity index (χ1v) is 16.6. The molecule has 0 aromatic heterocycles. The van der Waals surface area contributed by atoms with Crippen molar-refractivity contribution in [3.8, 4) is 0 Å². The minimum atomic E-state index is -2.83. The first-order valence-electron chi connectivity index (χ1n) is 3.80. The number of carboxylic acid groups (broad SMARTS) is 1. The molecule has 1 aliphatic heterocycles. The summed E-state index contributed by atoms with van der Waals surface area (Å²) in [5.41, 5.74) is 1.01. The number of carboxylic acids is 1. The Morgan fingerprint density at radius 3 is 2.50 bits per heavy atom. The van der Waals surface area contributed by atoms with Gasteiger partial charge in [-0.05, 0) is 0 Å². The molecule has 0 fully saturated rings. The normalized spacial score (nSPS) is 19.7. The zero-order chi connectivity index (χ0) is 10.3. The summed E-state index contributed by atoms with van der Waals surface area (Å²) in [6, 6.07) is 7.76. The second-order valence-corrected chi connectivity index (χ2v) is 26.9. The molecule has 5 heteroatoms. The average molecular weight is 434 g/mol. The molecule has 1 heterocycles. The molecule has 0 radical (unpaired) electrons. The Hall–Kier alpha value is 0.180. The second-order valence-electron chi connectivity index (χ2n) is 2.82. The molecule has 0 unspecified atom stereocenters. The monoisotopic (exact) mass is 434 g/mol. The van der Waals surface area contributed by atoms with Crippen LogP contribution in [0.5, 0.6) is 0 Å². The molecule has 0 amide bonds. The zero-order valence-electron chi connectivity index (χ0n) is 6.91. The summed E-state index contributed by atoms with van der Waals surface area (Å²) in [6.07, 6.45) is 1.75. The minimum absolute atomic E-state index is 0.494. The predicted octanol–water partition coefficient (Wildman–Crippen LogP) is 2.15. The van der Waals surface area contributed by atoms with Crippen molar-refractivity contribution >= 4 is 54.9 Å². The molecule has 0 bridgehead atoms. The van der Waals surface area contributed by atoms with E-state index < -0.39 is 19.7 Å². The van der Waals surface area contributed by atoms with Gasteiger partial charge >= 0.3 is 98.3 Å². The van der Waals surface area contributed by atoms with Gasteiger partial charge in [-0.25, -0.2) is 0 Å². The van der Waals surface area contributed by atoms with Crippen molar-refractivity contribution < 1.29 is 9.90 Å². The quantitative estimate of drug-likeness (QED) is 0.690. The molecule has 74 valence electrons. The Kier molecular flexibility index (Phi) is 2.78. The van der Waals surface area contributed by atoms with Crippen LogP contribution >= 0.6 is 25.5 Å². The predicted molar refractivity (Wildman–Crippen MR) is 65.3 cm³/mol. The molecular weight excluding hydrogens is 428 g/mol. The number of hydrogen-bond donors (Lipinski definition) is 1. The molecular formula is C9H6Br2O2Te. The van der Waals surface area contributed by atoms with Gasteiger partial charge in [0.2, 0.25) is 0 Å². The topological polar surface area (TPSA) is 37.3 Å². The molecule has 0 spiro atoms. The Bertz CT molecular complexity index is 440. The Morgan fingerprint density at radius 1 is 1.29 bits per heavy atom. The van der Waals surface area contributed by atoms with Crippen LogP contribution < -0.4 is 3.61 Å². The number of rotatable bonds is 1. The summed E-state index contributed by atoms with van der Waals surface area (Å²) >= 11 is 4.31. The van der Waals surface area contributed by atoms with Crippen LogP contribution in [0.3, 0.4) is 0 Å². The molecule has 0 atom stereocenters. The van der Waals surface area contributed by atoms with E-state index in [1.807, 2.05) is 24.3 Å². The molecule has 0 saturated carbocycles. The van der Waals surface area contributed by atoms with Crippen molar-refractivity contribution in [2.75, 3.05) is 0 Å². The summed E-state index contributed by atoms with van der Waals surface area (Å²) in [5.74, 6) is -0.837. The third-order valence-corrected chi connectivity index (χ3v) is 16.4. The molecule has 1 aromatic rings. The Balaban J connectivity index is 2.62. The summed E-state index contributed by atoms with van der Waals surface area (Å²) in [4.78, 5) is 11.0. The molecule has 0 saturated heterocycles. The first kappa shape index (κ1) is 10.7. The number of carbonyl (C=O) groups is 1. The van der Waals surface area contributed by atoms with Gasteiger partial charge < -0.3 is 0 Å². The van der Waals surface area contributed by atoms with E-state index in [4.69, 9.17) is 5.11 Å². The van der Waals surface area contributed by atoms with E-state index in [-0.39, 0.29) is 0 Å². The van der Waals surface area contributed by atoms with E-state index in [1.165, 1.54) is 0 Å². The third kappa shape index (κ3) is 1.57. The van der Waals surface area contributed by atoms with E-state index >= 15 is 0 Å². The van der Waals surface area contributed by atoms with Gasteiger partial charge in [0, 0.05) is 0 Å². The van der Waals surface area contributed by atoms with Crippen LogP contribution in [-0.4, -0.2) is 24.8 Å². The fourth-order valence-electron chi connectivity index (χ4n) is 1.34. The Morgan fingerprint density at radius 2 is 1.93 bits per heavy atom. The second kappa shape index (κ2) is 3.64. The first-order chi connectivity index (χ1) is 6.53. The molecule has 1 aliphatic rings. The average Bonchev–Trinajstić information content (AvgIpc) is 2.39. The van der Waals surface area contributed by atoms with Crippen molar-refractivity contribution in [1.29, 1.82) is 0 Å². The van der Waals surface area contributed by atoms with Crippen LogP contribution in [-0.2, 0) is 4.79 Å². The van der Waals surface area contributed by atoms with E-state index in [9.17, 15) is 4.79 Å². The van der Waals surface area contributed by atoms with Crippen LogP contribution in [0, 0.1) is 0 Å². The summed E-state index contributed by atoms with van der Waals surface area (Å²) in [5, 5.41) is 9.04. The number of benzene rings is 1. The van der Waals surface area contributed by atoms with Crippen molar-refractivity contribution in [2.24, 2.45) is 0 Å². The maximum absolute atomic E-state index is 11.0. The number of halogens is 2. The van der Waals surface area contributed by atoms with Gasteiger partial charge in [-0.3, -0.25) is 0 Å². The van der Waals surface area contributed by atoms with Gasteiger partial charge in [0.25, 0.3) is 0 Å². The fourth-order valence-corrected chi connectivity index (χ4v) is 12.4. The van der Waals surface area contributed by atoms with Gasteiger partial charge in [0.1, 0.15) is 0 Å². The van der Waals surface area contributed by atoms with E-state index in [0.29, 0.717) is 3.62 Å². The van der Waals surface area contributed by atoms with Gasteiger partial charge in [-0.2, -0.15) is 0 Å². The standard InChI is InChI=1S/C9H6Br2O2Te/c10-14(11)7-4-2-1-3-6(7)5-8(14)9(12)13/h1-5H,(H,12,13). The number of hydrogen-bond acceptors (Lipinski definition) is 1. The van der Waals surface area contributed by atoms with Crippen molar-refractivity contribution in [3.05, 3.63) is 33.4 Å². The van der Waals surface area contributed by atoms with E-state index in [0.717, 1.165) is 9.17 Å². The van der Waals surface area contributed by atoms with Gasteiger partial charge in [-0.15, -0.1) is 0 Å². The zero-order valence-corrected chi connectivity index (χ0v) is 12.4. The number of aliphatic carboxylic acids is 1. The van der Waals surface area contributed by atoms with Crippen LogP contribution in [0.1, 0.15) is 5.56 Å². The molecule has 2 rings (SSSR count). The molecule has 2 nitrogen and oxygen atoms in total. The van der Waals surface area contributed by atoms with Crippen LogP contribution in [0.15, 0.2) is 27.9 Å². The summed E-state index contributed by atoms with van der Waals surface area (Å²) in [7, 11) is 0. The Labute approximate surface area is 97.4 Å². The van der Waals surface area contributed by atoms with Crippen LogP contribution in [0.4, 0.5) is 0 Å². The van der Waals surface area contributed by atoms with Gasteiger partial charge in [-0.1, -0.05) is 0 Å². The van der Waals surface area contributed by atoms with Crippen LogP contribution in [0.25, 0.3) is 6.08 Å². The molecule has 1 aromatic carbocycles. The number of fused-ring (bicyclic) bond motifs is 1. The van der Waals surface area contributed by atoms with E-state index in [2.05, 4.69) is 25.5 Å².